The lowest BCUT2D eigenvalue weighted by Gasteiger charge is -2.36. The minimum Gasteiger partial charge on any atom is -0.383 e. The van der Waals surface area contributed by atoms with Gasteiger partial charge in [0.05, 0.1) is 19.7 Å². The third-order valence-corrected chi connectivity index (χ3v) is 4.56. The molecule has 3 rings (SSSR count). The first-order valence-electron chi connectivity index (χ1n) is 8.46. The molecule has 0 radical (unpaired) electrons. The monoisotopic (exact) mass is 366 g/mol. The molecule has 1 aromatic carbocycles. The lowest BCUT2D eigenvalue weighted by atomic mass is 10.1. The zero-order valence-electron chi connectivity index (χ0n) is 15.2. The van der Waals surface area contributed by atoms with Gasteiger partial charge in [0.15, 0.2) is 5.82 Å². The van der Waals surface area contributed by atoms with E-state index in [9.17, 15) is 0 Å². The molecule has 1 saturated heterocycles. The van der Waals surface area contributed by atoms with Gasteiger partial charge in [-0.25, -0.2) is 4.68 Å². The van der Waals surface area contributed by atoms with E-state index < -0.39 is 0 Å². The normalized spacial score (nSPS) is 15.2. The summed E-state index contributed by atoms with van der Waals surface area (Å²) in [5, 5.41) is 12.0. The van der Waals surface area contributed by atoms with Gasteiger partial charge in [-0.15, -0.1) is 17.5 Å². The van der Waals surface area contributed by atoms with E-state index in [1.165, 1.54) is 16.8 Å². The van der Waals surface area contributed by atoms with Crippen LogP contribution in [0, 0.1) is 13.8 Å². The predicted molar refractivity (Wildman–Crippen MR) is 100 cm³/mol. The summed E-state index contributed by atoms with van der Waals surface area (Å²) in [5.41, 5.74) is 4.02. The highest BCUT2D eigenvalue weighted by Gasteiger charge is 2.20. The van der Waals surface area contributed by atoms with Gasteiger partial charge in [0.2, 0.25) is 0 Å². The fourth-order valence-corrected chi connectivity index (χ4v) is 3.09. The van der Waals surface area contributed by atoms with Crippen molar-refractivity contribution >= 4 is 18.1 Å². The van der Waals surface area contributed by atoms with Crippen LogP contribution in [0.25, 0.3) is 0 Å². The average Bonchev–Trinajstić information content (AvgIpc) is 3.03. The van der Waals surface area contributed by atoms with Gasteiger partial charge in [-0.05, 0) is 41.5 Å². The topological polar surface area (TPSA) is 59.3 Å². The second-order valence-electron chi connectivity index (χ2n) is 6.36. The molecule has 138 valence electrons. The van der Waals surface area contributed by atoms with Crippen LogP contribution >= 0.6 is 12.4 Å². The van der Waals surface area contributed by atoms with Crippen LogP contribution in [0.15, 0.2) is 18.2 Å². The van der Waals surface area contributed by atoms with Crippen molar-refractivity contribution in [3.63, 3.8) is 0 Å². The summed E-state index contributed by atoms with van der Waals surface area (Å²) in [7, 11) is 1.69. The molecule has 0 saturated carbocycles. The van der Waals surface area contributed by atoms with E-state index in [0.29, 0.717) is 13.2 Å². The van der Waals surface area contributed by atoms with Crippen molar-refractivity contribution in [2.45, 2.75) is 26.9 Å². The second-order valence-corrected chi connectivity index (χ2v) is 6.36. The number of anilines is 1. The SMILES string of the molecule is COCCn1nnnc1CN1CCN(c2cc(C)ccc2C)CC1.Cl. The molecule has 1 aliphatic heterocycles. The van der Waals surface area contributed by atoms with Crippen molar-refractivity contribution in [2.24, 2.45) is 0 Å². The molecule has 0 aliphatic carbocycles. The van der Waals surface area contributed by atoms with Crippen molar-refractivity contribution in [1.29, 1.82) is 0 Å². The van der Waals surface area contributed by atoms with Crippen molar-refractivity contribution < 1.29 is 4.74 Å². The maximum Gasteiger partial charge on any atom is 0.165 e. The van der Waals surface area contributed by atoms with Gasteiger partial charge in [-0.3, -0.25) is 4.90 Å². The number of halogens is 1. The Morgan fingerprint density at radius 2 is 1.88 bits per heavy atom. The lowest BCUT2D eigenvalue weighted by Crippen LogP contribution is -2.46. The van der Waals surface area contributed by atoms with E-state index in [-0.39, 0.29) is 12.4 Å². The maximum absolute atomic E-state index is 5.11. The van der Waals surface area contributed by atoms with Crippen LogP contribution in [0.4, 0.5) is 5.69 Å². The Balaban J connectivity index is 0.00000225. The molecular formula is C17H27ClN6O. The van der Waals surface area contributed by atoms with Crippen LogP contribution in [-0.2, 0) is 17.8 Å². The van der Waals surface area contributed by atoms with E-state index in [1.54, 1.807) is 7.11 Å². The zero-order chi connectivity index (χ0) is 16.9. The van der Waals surface area contributed by atoms with Crippen LogP contribution in [-0.4, -0.2) is 65.0 Å². The minimum atomic E-state index is 0. The maximum atomic E-state index is 5.11. The van der Waals surface area contributed by atoms with Gasteiger partial charge in [0, 0.05) is 39.0 Å². The number of tetrazole rings is 1. The summed E-state index contributed by atoms with van der Waals surface area (Å²) in [6.07, 6.45) is 0. The summed E-state index contributed by atoms with van der Waals surface area (Å²) in [5.74, 6) is 0.909. The molecule has 2 heterocycles. The van der Waals surface area contributed by atoms with E-state index in [1.807, 2.05) is 4.68 Å². The standard InChI is InChI=1S/C17H26N6O.ClH/c1-14-4-5-15(2)16(12-14)22-8-6-21(7-9-22)13-17-18-19-20-23(17)10-11-24-3;/h4-5,12H,6-11,13H2,1-3H3;1H. The smallest absolute Gasteiger partial charge is 0.165 e. The molecule has 1 fully saturated rings. The van der Waals surface area contributed by atoms with Crippen LogP contribution in [0.3, 0.4) is 0 Å². The number of ether oxygens (including phenoxy) is 1. The molecule has 0 amide bonds. The third-order valence-electron chi connectivity index (χ3n) is 4.56. The number of nitrogens with zero attached hydrogens (tertiary/aromatic N) is 6. The molecule has 2 aromatic rings. The van der Waals surface area contributed by atoms with Gasteiger partial charge in [-0.1, -0.05) is 12.1 Å². The summed E-state index contributed by atoms with van der Waals surface area (Å²) in [6, 6.07) is 6.67. The zero-order valence-corrected chi connectivity index (χ0v) is 16.0. The number of methoxy groups -OCH3 is 1. The van der Waals surface area contributed by atoms with Crippen LogP contribution < -0.4 is 4.90 Å². The van der Waals surface area contributed by atoms with Crippen molar-refractivity contribution in [3.8, 4) is 0 Å². The third kappa shape index (κ3) is 4.90. The van der Waals surface area contributed by atoms with Gasteiger partial charge in [-0.2, -0.15) is 0 Å². The first-order valence-corrected chi connectivity index (χ1v) is 8.46. The van der Waals surface area contributed by atoms with Gasteiger partial charge < -0.3 is 9.64 Å². The number of piperazine rings is 1. The predicted octanol–water partition coefficient (Wildman–Crippen LogP) is 1.68. The molecule has 0 N–H and O–H groups in total. The number of rotatable bonds is 6. The highest BCUT2D eigenvalue weighted by molar-refractivity contribution is 5.85. The highest BCUT2D eigenvalue weighted by atomic mass is 35.5. The van der Waals surface area contributed by atoms with Crippen molar-refractivity contribution in [1.82, 2.24) is 25.1 Å². The van der Waals surface area contributed by atoms with Gasteiger partial charge in [0.25, 0.3) is 0 Å². The van der Waals surface area contributed by atoms with Crippen molar-refractivity contribution in [3.05, 3.63) is 35.2 Å². The van der Waals surface area contributed by atoms with Crippen LogP contribution in [0.1, 0.15) is 17.0 Å². The molecule has 0 atom stereocenters. The van der Waals surface area contributed by atoms with Crippen LogP contribution in [0.5, 0.6) is 0 Å². The summed E-state index contributed by atoms with van der Waals surface area (Å²) in [6.45, 7) is 10.5. The number of hydrogen-bond acceptors (Lipinski definition) is 6. The number of aryl methyl sites for hydroxylation is 2. The Morgan fingerprint density at radius 3 is 2.60 bits per heavy atom. The Labute approximate surface area is 155 Å². The van der Waals surface area contributed by atoms with E-state index >= 15 is 0 Å². The fourth-order valence-electron chi connectivity index (χ4n) is 3.09. The molecule has 7 nitrogen and oxygen atoms in total. The quantitative estimate of drug-likeness (QED) is 0.775. The summed E-state index contributed by atoms with van der Waals surface area (Å²) >= 11 is 0. The lowest BCUT2D eigenvalue weighted by molar-refractivity contribution is 0.178. The molecule has 0 spiro atoms. The van der Waals surface area contributed by atoms with Crippen molar-refractivity contribution in [2.75, 3.05) is 44.8 Å². The second kappa shape index (κ2) is 9.12. The van der Waals surface area contributed by atoms with E-state index in [0.717, 1.165) is 38.5 Å². The Kier molecular flexibility index (Phi) is 7.16. The molecule has 1 aromatic heterocycles. The average molecular weight is 367 g/mol. The fraction of sp³-hybridized carbons (Fsp3) is 0.588. The largest absolute Gasteiger partial charge is 0.383 e. The van der Waals surface area contributed by atoms with E-state index in [2.05, 4.69) is 57.4 Å². The Hall–Kier alpha value is -1.70. The molecule has 1 aliphatic rings. The Bertz CT molecular complexity index is 669. The number of aromatic nitrogens is 4. The Morgan fingerprint density at radius 1 is 1.12 bits per heavy atom. The molecule has 0 unspecified atom stereocenters. The summed E-state index contributed by atoms with van der Waals surface area (Å²) < 4.78 is 6.94. The number of hydrogen-bond donors (Lipinski definition) is 0. The molecular weight excluding hydrogens is 340 g/mol. The highest BCUT2D eigenvalue weighted by Crippen LogP contribution is 2.23. The van der Waals surface area contributed by atoms with E-state index in [4.69, 9.17) is 4.74 Å². The minimum absolute atomic E-state index is 0. The van der Waals surface area contributed by atoms with Gasteiger partial charge in [0.1, 0.15) is 0 Å². The molecule has 0 bridgehead atoms. The molecule has 25 heavy (non-hydrogen) atoms. The summed E-state index contributed by atoms with van der Waals surface area (Å²) in [4.78, 5) is 4.89. The first kappa shape index (κ1) is 19.6. The van der Waals surface area contributed by atoms with Crippen LogP contribution in [0.2, 0.25) is 0 Å². The molecule has 8 heteroatoms. The van der Waals surface area contributed by atoms with Gasteiger partial charge >= 0.3 is 0 Å². The first-order chi connectivity index (χ1) is 11.7. The number of benzene rings is 1.